The maximum absolute atomic E-state index is 12.3. The Morgan fingerprint density at radius 1 is 1.03 bits per heavy atom. The molecule has 1 amide bonds. The molecule has 1 heterocycles. The largest absolute Gasteiger partial charge is 0.392 e. The number of hydrogen-bond donors (Lipinski definition) is 2. The lowest BCUT2D eigenvalue weighted by molar-refractivity contribution is -0.117. The van der Waals surface area contributed by atoms with Crippen LogP contribution in [0.1, 0.15) is 37.4 Å². The maximum atomic E-state index is 12.3. The van der Waals surface area contributed by atoms with Gasteiger partial charge in [-0.25, -0.2) is 0 Å². The van der Waals surface area contributed by atoms with Crippen molar-refractivity contribution in [3.63, 3.8) is 0 Å². The third-order valence-electron chi connectivity index (χ3n) is 5.60. The topological polar surface area (TPSA) is 52.6 Å². The van der Waals surface area contributed by atoms with Gasteiger partial charge >= 0.3 is 0 Å². The van der Waals surface area contributed by atoms with E-state index in [0.717, 1.165) is 40.0 Å². The number of amides is 1. The first-order valence-corrected chi connectivity index (χ1v) is 10.0. The summed E-state index contributed by atoms with van der Waals surface area (Å²) in [6, 6.07) is 24.7. The molecule has 148 valence electrons. The minimum atomic E-state index is 0.0407. The Balaban J connectivity index is 1.76. The molecule has 0 saturated carbocycles. The van der Waals surface area contributed by atoms with Crippen LogP contribution in [-0.2, 0) is 11.4 Å². The molecule has 3 aromatic rings. The number of nitrogens with one attached hydrogen (secondary N) is 1. The number of benzene rings is 3. The summed E-state index contributed by atoms with van der Waals surface area (Å²) in [7, 11) is 0. The average Bonchev–Trinajstić information content (AvgIpc) is 2.74. The van der Waals surface area contributed by atoms with E-state index in [4.69, 9.17) is 0 Å². The Morgan fingerprint density at radius 2 is 1.72 bits per heavy atom. The average molecular weight is 386 g/mol. The predicted octanol–water partition coefficient (Wildman–Crippen LogP) is 5.14. The van der Waals surface area contributed by atoms with Crippen LogP contribution in [0.4, 0.5) is 11.4 Å². The summed E-state index contributed by atoms with van der Waals surface area (Å²) < 4.78 is 0. The van der Waals surface area contributed by atoms with Crippen molar-refractivity contribution in [3.8, 4) is 11.1 Å². The van der Waals surface area contributed by atoms with Crippen molar-refractivity contribution in [2.24, 2.45) is 0 Å². The van der Waals surface area contributed by atoms with Gasteiger partial charge in [-0.05, 0) is 59.9 Å². The van der Waals surface area contributed by atoms with Gasteiger partial charge in [0.1, 0.15) is 0 Å². The number of carbonyl (C=O) groups excluding carboxylic acids is 1. The molecule has 2 atom stereocenters. The maximum Gasteiger partial charge on any atom is 0.224 e. The van der Waals surface area contributed by atoms with Gasteiger partial charge in [-0.3, -0.25) is 4.79 Å². The van der Waals surface area contributed by atoms with Crippen molar-refractivity contribution in [3.05, 3.63) is 83.9 Å². The van der Waals surface area contributed by atoms with Gasteiger partial charge < -0.3 is 15.3 Å². The van der Waals surface area contributed by atoms with E-state index in [1.54, 1.807) is 6.92 Å². The van der Waals surface area contributed by atoms with Gasteiger partial charge in [-0.15, -0.1) is 0 Å². The normalized spacial score (nSPS) is 18.2. The van der Waals surface area contributed by atoms with Crippen molar-refractivity contribution >= 4 is 17.3 Å². The molecule has 4 nitrogen and oxygen atoms in total. The molecule has 0 radical (unpaired) electrons. The Hall–Kier alpha value is -3.11. The lowest BCUT2D eigenvalue weighted by atomic mass is 9.88. The van der Waals surface area contributed by atoms with Crippen molar-refractivity contribution in [2.45, 2.75) is 39.0 Å². The molecule has 4 rings (SSSR count). The third kappa shape index (κ3) is 3.89. The van der Waals surface area contributed by atoms with Crippen LogP contribution in [0, 0.1) is 0 Å². The fourth-order valence-electron chi connectivity index (χ4n) is 4.20. The number of aliphatic hydroxyl groups is 1. The molecule has 0 spiro atoms. The third-order valence-corrected chi connectivity index (χ3v) is 5.60. The van der Waals surface area contributed by atoms with Crippen LogP contribution in [0.2, 0.25) is 0 Å². The molecular formula is C25H26N2O2. The van der Waals surface area contributed by atoms with Gasteiger partial charge in [0, 0.05) is 24.3 Å². The summed E-state index contributed by atoms with van der Waals surface area (Å²) >= 11 is 0. The number of rotatable bonds is 4. The first-order chi connectivity index (χ1) is 14.1. The number of para-hydroxylation sites is 1. The molecule has 0 saturated heterocycles. The van der Waals surface area contributed by atoms with Gasteiger partial charge in [0.2, 0.25) is 5.91 Å². The predicted molar refractivity (Wildman–Crippen MR) is 118 cm³/mol. The second kappa shape index (κ2) is 8.10. The number of carbonyl (C=O) groups is 1. The molecule has 3 aromatic carbocycles. The van der Waals surface area contributed by atoms with Crippen LogP contribution in [0.5, 0.6) is 0 Å². The van der Waals surface area contributed by atoms with Gasteiger partial charge in [-0.2, -0.15) is 0 Å². The molecule has 0 fully saturated rings. The van der Waals surface area contributed by atoms with Gasteiger partial charge in [0.05, 0.1) is 12.6 Å². The first-order valence-electron chi connectivity index (χ1n) is 10.0. The van der Waals surface area contributed by atoms with Crippen LogP contribution in [-0.4, -0.2) is 17.1 Å². The summed E-state index contributed by atoms with van der Waals surface area (Å²) in [5.41, 5.74) is 6.27. The smallest absolute Gasteiger partial charge is 0.224 e. The summed E-state index contributed by atoms with van der Waals surface area (Å²) in [4.78, 5) is 14.2. The Morgan fingerprint density at radius 3 is 2.38 bits per heavy atom. The van der Waals surface area contributed by atoms with Crippen LogP contribution in [0.3, 0.4) is 0 Å². The van der Waals surface area contributed by atoms with E-state index in [0.29, 0.717) is 0 Å². The standard InChI is InChI=1S/C25H26N2O2/c1-17-14-24(26-22-6-4-3-5-7-22)23-15-21(12-13-25(23)27(17)18(2)29)20-10-8-19(16-28)9-11-20/h3-13,15,17,24,26,28H,14,16H2,1-2H3/t17-,24+/m0/s1. The van der Waals surface area contributed by atoms with Crippen LogP contribution in [0.25, 0.3) is 11.1 Å². The van der Waals surface area contributed by atoms with Crippen molar-refractivity contribution in [1.82, 2.24) is 0 Å². The van der Waals surface area contributed by atoms with Crippen LogP contribution in [0.15, 0.2) is 72.8 Å². The van der Waals surface area contributed by atoms with E-state index in [1.807, 2.05) is 47.4 Å². The fourth-order valence-corrected chi connectivity index (χ4v) is 4.20. The number of anilines is 2. The molecule has 0 aliphatic carbocycles. The molecular weight excluding hydrogens is 360 g/mol. The Bertz CT molecular complexity index is 999. The van der Waals surface area contributed by atoms with E-state index in [-0.39, 0.29) is 24.6 Å². The highest BCUT2D eigenvalue weighted by Crippen LogP contribution is 2.41. The summed E-state index contributed by atoms with van der Waals surface area (Å²) in [5, 5.41) is 12.9. The van der Waals surface area contributed by atoms with Gasteiger partial charge in [-0.1, -0.05) is 48.5 Å². The minimum Gasteiger partial charge on any atom is -0.392 e. The number of nitrogens with zero attached hydrogens (tertiary/aromatic N) is 1. The van der Waals surface area contributed by atoms with E-state index in [9.17, 15) is 9.90 Å². The quantitative estimate of drug-likeness (QED) is 0.652. The molecule has 1 aliphatic heterocycles. The first kappa shape index (κ1) is 19.2. The van der Waals surface area contributed by atoms with E-state index in [1.165, 1.54) is 0 Å². The fraction of sp³-hybridized carbons (Fsp3) is 0.240. The lowest BCUT2D eigenvalue weighted by Gasteiger charge is -2.39. The number of hydrogen-bond acceptors (Lipinski definition) is 3. The van der Waals surface area contributed by atoms with Crippen molar-refractivity contribution in [2.75, 3.05) is 10.2 Å². The lowest BCUT2D eigenvalue weighted by Crippen LogP contribution is -2.43. The monoisotopic (exact) mass is 386 g/mol. The second-order valence-corrected chi connectivity index (χ2v) is 7.67. The molecule has 29 heavy (non-hydrogen) atoms. The van der Waals surface area contributed by atoms with Crippen molar-refractivity contribution in [1.29, 1.82) is 0 Å². The summed E-state index contributed by atoms with van der Waals surface area (Å²) in [6.07, 6.45) is 0.842. The Labute approximate surface area is 171 Å². The summed E-state index contributed by atoms with van der Waals surface area (Å²) in [6.45, 7) is 3.78. The zero-order valence-corrected chi connectivity index (χ0v) is 16.8. The molecule has 4 heteroatoms. The van der Waals surface area contributed by atoms with E-state index in [2.05, 4.69) is 42.6 Å². The summed E-state index contributed by atoms with van der Waals surface area (Å²) in [5.74, 6) is 0.0666. The van der Waals surface area contributed by atoms with Crippen LogP contribution < -0.4 is 10.2 Å². The Kier molecular flexibility index (Phi) is 5.36. The van der Waals surface area contributed by atoms with E-state index < -0.39 is 0 Å². The van der Waals surface area contributed by atoms with Gasteiger partial charge in [0.25, 0.3) is 0 Å². The highest BCUT2D eigenvalue weighted by molar-refractivity contribution is 5.94. The van der Waals surface area contributed by atoms with Crippen LogP contribution >= 0.6 is 0 Å². The number of fused-ring (bicyclic) bond motifs is 1. The zero-order chi connectivity index (χ0) is 20.4. The number of aliphatic hydroxyl groups excluding tert-OH is 1. The van der Waals surface area contributed by atoms with E-state index >= 15 is 0 Å². The molecule has 0 bridgehead atoms. The SMILES string of the molecule is CC(=O)N1c2ccc(-c3ccc(CO)cc3)cc2[C@H](Nc2ccccc2)C[C@@H]1C. The minimum absolute atomic E-state index is 0.0407. The second-order valence-electron chi connectivity index (χ2n) is 7.67. The zero-order valence-electron chi connectivity index (χ0n) is 16.8. The molecule has 0 unspecified atom stereocenters. The van der Waals surface area contributed by atoms with Crippen molar-refractivity contribution < 1.29 is 9.90 Å². The highest BCUT2D eigenvalue weighted by Gasteiger charge is 2.32. The van der Waals surface area contributed by atoms with Gasteiger partial charge in [0.15, 0.2) is 0 Å². The molecule has 1 aliphatic rings. The molecule has 0 aromatic heterocycles. The molecule has 2 N–H and O–H groups in total. The highest BCUT2D eigenvalue weighted by atomic mass is 16.3.